The van der Waals surface area contributed by atoms with Gasteiger partial charge in [0.15, 0.2) is 0 Å². The van der Waals surface area contributed by atoms with E-state index in [9.17, 15) is 9.59 Å². The quantitative estimate of drug-likeness (QED) is 0.485. The number of hydrogen-bond donors (Lipinski definition) is 0. The summed E-state index contributed by atoms with van der Waals surface area (Å²) >= 11 is 0. The monoisotopic (exact) mass is 335 g/mol. The molecule has 0 unspecified atom stereocenters. The lowest BCUT2D eigenvalue weighted by Gasteiger charge is -2.17. The Kier molecular flexibility index (Phi) is 9.08. The molecule has 0 spiro atoms. The highest BCUT2D eigenvalue weighted by molar-refractivity contribution is 5.79. The van der Waals surface area contributed by atoms with Crippen molar-refractivity contribution in [3.63, 3.8) is 0 Å². The summed E-state index contributed by atoms with van der Waals surface area (Å²) in [6.45, 7) is 11.3. The summed E-state index contributed by atoms with van der Waals surface area (Å²) in [4.78, 5) is 25.6. The van der Waals surface area contributed by atoms with Gasteiger partial charge in [-0.2, -0.15) is 0 Å². The maximum Gasteiger partial charge on any atom is 0.311 e. The van der Waals surface area contributed by atoms with Crippen LogP contribution in [0.1, 0.15) is 52.0 Å². The summed E-state index contributed by atoms with van der Waals surface area (Å²) in [5, 5.41) is 0. The fraction of sp³-hybridized carbons (Fsp3) is 0.579. The normalized spacial score (nSPS) is 10.9. The minimum atomic E-state index is -0.423. The van der Waals surface area contributed by atoms with Crippen molar-refractivity contribution in [2.75, 3.05) is 26.2 Å². The van der Waals surface area contributed by atoms with Crippen molar-refractivity contribution in [2.24, 2.45) is 0 Å². The molecule has 134 valence electrons. The van der Waals surface area contributed by atoms with Gasteiger partial charge in [0.25, 0.3) is 0 Å². The Morgan fingerprint density at radius 2 is 1.58 bits per heavy atom. The summed E-state index contributed by atoms with van der Waals surface area (Å²) in [7, 11) is 0. The molecule has 0 N–H and O–H groups in total. The fourth-order valence-electron chi connectivity index (χ4n) is 2.21. The van der Waals surface area contributed by atoms with Crippen molar-refractivity contribution in [3.05, 3.63) is 29.8 Å². The Labute approximate surface area is 144 Å². The lowest BCUT2D eigenvalue weighted by Crippen LogP contribution is -2.28. The third kappa shape index (κ3) is 7.59. The first-order valence-electron chi connectivity index (χ1n) is 8.64. The molecule has 24 heavy (non-hydrogen) atoms. The Morgan fingerprint density at radius 1 is 1.00 bits per heavy atom. The van der Waals surface area contributed by atoms with Crippen molar-refractivity contribution in [3.8, 4) is 5.75 Å². The van der Waals surface area contributed by atoms with Crippen molar-refractivity contribution in [2.45, 2.75) is 46.5 Å². The molecule has 0 aliphatic rings. The van der Waals surface area contributed by atoms with Crippen LogP contribution in [0.2, 0.25) is 0 Å². The van der Waals surface area contributed by atoms with Gasteiger partial charge >= 0.3 is 11.9 Å². The average Bonchev–Trinajstić information content (AvgIpc) is 2.57. The molecular formula is C19H29NO4. The molecule has 0 heterocycles. The predicted molar refractivity (Wildman–Crippen MR) is 94.1 cm³/mol. The molecular weight excluding hydrogens is 306 g/mol. The lowest BCUT2D eigenvalue weighted by molar-refractivity contribution is -0.147. The first-order chi connectivity index (χ1) is 11.5. The van der Waals surface area contributed by atoms with E-state index in [1.165, 1.54) is 5.56 Å². The topological polar surface area (TPSA) is 55.8 Å². The summed E-state index contributed by atoms with van der Waals surface area (Å²) in [6.07, 6.45) is 0.0667. The van der Waals surface area contributed by atoms with Crippen LogP contribution in [0, 0.1) is 0 Å². The lowest BCUT2D eigenvalue weighted by atomic mass is 10.0. The minimum absolute atomic E-state index is 0.0238. The highest BCUT2D eigenvalue weighted by Gasteiger charge is 2.11. The van der Waals surface area contributed by atoms with E-state index in [4.69, 9.17) is 9.47 Å². The molecule has 1 aromatic carbocycles. The van der Waals surface area contributed by atoms with Crippen molar-refractivity contribution in [1.29, 1.82) is 0 Å². The number of esters is 2. The van der Waals surface area contributed by atoms with E-state index in [1.54, 1.807) is 12.1 Å². The molecule has 0 amide bonds. The van der Waals surface area contributed by atoms with E-state index in [0.717, 1.165) is 13.1 Å². The number of carbonyl (C=O) groups is 2. The molecule has 0 atom stereocenters. The maximum absolute atomic E-state index is 11.8. The molecule has 0 aromatic heterocycles. The van der Waals surface area contributed by atoms with Crippen LogP contribution in [0.4, 0.5) is 0 Å². The zero-order chi connectivity index (χ0) is 17.9. The summed E-state index contributed by atoms with van der Waals surface area (Å²) < 4.78 is 10.4. The van der Waals surface area contributed by atoms with Gasteiger partial charge in [-0.25, -0.2) is 0 Å². The SMILES string of the molecule is CCN(CC)CCOC(=O)CCC(=O)Oc1ccc(C(C)C)cc1. The molecule has 0 saturated carbocycles. The first-order valence-corrected chi connectivity index (χ1v) is 8.64. The number of benzene rings is 1. The highest BCUT2D eigenvalue weighted by Crippen LogP contribution is 2.19. The summed E-state index contributed by atoms with van der Waals surface area (Å²) in [6, 6.07) is 7.43. The molecule has 0 aliphatic heterocycles. The Balaban J connectivity index is 2.26. The minimum Gasteiger partial charge on any atom is -0.464 e. The van der Waals surface area contributed by atoms with Crippen molar-refractivity contribution in [1.82, 2.24) is 4.90 Å². The van der Waals surface area contributed by atoms with Crippen LogP contribution in [-0.2, 0) is 14.3 Å². The van der Waals surface area contributed by atoms with E-state index in [0.29, 0.717) is 24.8 Å². The second-order valence-electron chi connectivity index (χ2n) is 5.95. The molecule has 5 heteroatoms. The molecule has 1 aromatic rings. The highest BCUT2D eigenvalue weighted by atomic mass is 16.5. The van der Waals surface area contributed by atoms with Gasteiger partial charge in [0.2, 0.25) is 0 Å². The largest absolute Gasteiger partial charge is 0.464 e. The average molecular weight is 335 g/mol. The van der Waals surface area contributed by atoms with Gasteiger partial charge in [-0.3, -0.25) is 9.59 Å². The Hall–Kier alpha value is -1.88. The number of hydrogen-bond acceptors (Lipinski definition) is 5. The third-order valence-electron chi connectivity index (χ3n) is 3.88. The van der Waals surface area contributed by atoms with Crippen LogP contribution in [0.3, 0.4) is 0 Å². The second kappa shape index (κ2) is 10.8. The van der Waals surface area contributed by atoms with Crippen LogP contribution >= 0.6 is 0 Å². The fourth-order valence-corrected chi connectivity index (χ4v) is 2.21. The van der Waals surface area contributed by atoms with E-state index in [2.05, 4.69) is 32.6 Å². The Morgan fingerprint density at radius 3 is 2.12 bits per heavy atom. The van der Waals surface area contributed by atoms with Gasteiger partial charge in [0.05, 0.1) is 12.8 Å². The van der Waals surface area contributed by atoms with Crippen LogP contribution in [-0.4, -0.2) is 43.1 Å². The van der Waals surface area contributed by atoms with E-state index >= 15 is 0 Å². The van der Waals surface area contributed by atoms with Crippen LogP contribution in [0.25, 0.3) is 0 Å². The first kappa shape index (κ1) is 20.2. The zero-order valence-electron chi connectivity index (χ0n) is 15.2. The summed E-state index contributed by atoms with van der Waals surface area (Å²) in [5.74, 6) is 0.141. The van der Waals surface area contributed by atoms with Gasteiger partial charge in [-0.15, -0.1) is 0 Å². The zero-order valence-corrected chi connectivity index (χ0v) is 15.2. The van der Waals surface area contributed by atoms with E-state index in [1.807, 2.05) is 12.1 Å². The number of nitrogens with zero attached hydrogens (tertiary/aromatic N) is 1. The molecule has 1 rings (SSSR count). The van der Waals surface area contributed by atoms with Crippen molar-refractivity contribution < 1.29 is 19.1 Å². The van der Waals surface area contributed by atoms with E-state index in [-0.39, 0.29) is 18.8 Å². The second-order valence-corrected chi connectivity index (χ2v) is 5.95. The van der Waals surface area contributed by atoms with Gasteiger partial charge in [0, 0.05) is 6.54 Å². The standard InChI is InChI=1S/C19H29NO4/c1-5-20(6-2)13-14-23-18(21)11-12-19(22)24-17-9-7-16(8-10-17)15(3)4/h7-10,15H,5-6,11-14H2,1-4H3. The molecule has 5 nitrogen and oxygen atoms in total. The van der Waals surface area contributed by atoms with Crippen LogP contribution in [0.5, 0.6) is 5.75 Å². The van der Waals surface area contributed by atoms with Crippen LogP contribution in [0.15, 0.2) is 24.3 Å². The van der Waals surface area contributed by atoms with Gasteiger partial charge in [0.1, 0.15) is 12.4 Å². The molecule has 0 aliphatic carbocycles. The molecule has 0 fully saturated rings. The van der Waals surface area contributed by atoms with Crippen LogP contribution < -0.4 is 4.74 Å². The molecule has 0 radical (unpaired) electrons. The van der Waals surface area contributed by atoms with E-state index < -0.39 is 5.97 Å². The summed E-state index contributed by atoms with van der Waals surface area (Å²) in [5.41, 5.74) is 1.19. The number of carbonyl (C=O) groups excluding carboxylic acids is 2. The molecule has 0 bridgehead atoms. The predicted octanol–water partition coefficient (Wildman–Crippen LogP) is 3.38. The number of ether oxygens (including phenoxy) is 2. The van der Waals surface area contributed by atoms with Crippen molar-refractivity contribution >= 4 is 11.9 Å². The smallest absolute Gasteiger partial charge is 0.311 e. The number of rotatable bonds is 10. The maximum atomic E-state index is 11.8. The Bertz CT molecular complexity index is 507. The van der Waals surface area contributed by atoms with Gasteiger partial charge in [-0.1, -0.05) is 39.8 Å². The van der Waals surface area contributed by atoms with Gasteiger partial charge in [-0.05, 0) is 36.7 Å². The van der Waals surface area contributed by atoms with Gasteiger partial charge < -0.3 is 14.4 Å². The third-order valence-corrected chi connectivity index (χ3v) is 3.88. The number of likely N-dealkylation sites (N-methyl/N-ethyl adjacent to an activating group) is 1. The molecule has 0 saturated heterocycles.